The highest BCUT2D eigenvalue weighted by molar-refractivity contribution is 5.78. The van der Waals surface area contributed by atoms with E-state index in [-0.39, 0.29) is 19.1 Å². The number of rotatable bonds is 7. The minimum atomic E-state index is -0.980. The van der Waals surface area contributed by atoms with Crippen molar-refractivity contribution in [1.82, 2.24) is 10.2 Å². The van der Waals surface area contributed by atoms with Gasteiger partial charge in [0.25, 0.3) is 5.91 Å². The molecule has 0 saturated carbocycles. The fourth-order valence-corrected chi connectivity index (χ4v) is 4.10. The summed E-state index contributed by atoms with van der Waals surface area (Å²) >= 11 is 0. The first-order valence-electron chi connectivity index (χ1n) is 11.4. The van der Waals surface area contributed by atoms with Crippen molar-refractivity contribution in [2.24, 2.45) is 0 Å². The van der Waals surface area contributed by atoms with Crippen LogP contribution in [0.2, 0.25) is 0 Å². The number of nitrogens with zero attached hydrogens (tertiary/aromatic N) is 1. The molecule has 2 amide bonds. The van der Waals surface area contributed by atoms with E-state index in [1.54, 1.807) is 17.0 Å². The molecule has 1 saturated heterocycles. The molecule has 182 valence electrons. The van der Waals surface area contributed by atoms with Crippen LogP contribution in [0.15, 0.2) is 78.9 Å². The van der Waals surface area contributed by atoms with E-state index in [0.29, 0.717) is 37.2 Å². The van der Waals surface area contributed by atoms with Crippen LogP contribution in [0.1, 0.15) is 24.0 Å². The van der Waals surface area contributed by atoms with Crippen LogP contribution in [-0.2, 0) is 21.7 Å². The van der Waals surface area contributed by atoms with Gasteiger partial charge in [-0.25, -0.2) is 13.6 Å². The van der Waals surface area contributed by atoms with Crippen LogP contribution in [0.5, 0.6) is 5.75 Å². The third-order valence-electron chi connectivity index (χ3n) is 6.04. The van der Waals surface area contributed by atoms with Gasteiger partial charge in [0, 0.05) is 32.5 Å². The van der Waals surface area contributed by atoms with Crippen LogP contribution < -0.4 is 10.1 Å². The summed E-state index contributed by atoms with van der Waals surface area (Å²) in [5.41, 5.74) is 0.320. The summed E-state index contributed by atoms with van der Waals surface area (Å²) in [4.78, 5) is 27.1. The average molecular weight is 481 g/mol. The fraction of sp³-hybridized carbons (Fsp3) is 0.259. The monoisotopic (exact) mass is 480 g/mol. The quantitative estimate of drug-likeness (QED) is 0.528. The van der Waals surface area contributed by atoms with E-state index in [9.17, 15) is 18.4 Å². The molecule has 0 spiro atoms. The van der Waals surface area contributed by atoms with Crippen molar-refractivity contribution in [3.8, 4) is 5.75 Å². The lowest BCUT2D eigenvalue weighted by molar-refractivity contribution is -0.138. The van der Waals surface area contributed by atoms with Gasteiger partial charge in [-0.1, -0.05) is 54.6 Å². The number of carbonyl (C=O) groups excluding carboxylic acids is 2. The SMILES string of the molecule is O=C(NCc1ccc(F)c(F)c1)OC1(c2ccccc2)CCN(C(=O)COc2ccccc2)CC1. The number of hydrogen-bond donors (Lipinski definition) is 1. The Kier molecular flexibility index (Phi) is 7.60. The molecule has 0 atom stereocenters. The molecule has 4 rings (SSSR count). The van der Waals surface area contributed by atoms with E-state index in [0.717, 1.165) is 17.7 Å². The van der Waals surface area contributed by atoms with Crippen molar-refractivity contribution < 1.29 is 27.8 Å². The number of amides is 2. The lowest BCUT2D eigenvalue weighted by Gasteiger charge is -2.41. The Labute approximate surface area is 202 Å². The maximum atomic E-state index is 13.5. The van der Waals surface area contributed by atoms with Crippen molar-refractivity contribution in [3.63, 3.8) is 0 Å². The Balaban J connectivity index is 1.38. The van der Waals surface area contributed by atoms with Crippen molar-refractivity contribution in [2.75, 3.05) is 19.7 Å². The lowest BCUT2D eigenvalue weighted by atomic mass is 9.84. The molecule has 0 aliphatic carbocycles. The number of alkyl carbamates (subject to hydrolysis) is 1. The second kappa shape index (κ2) is 11.0. The molecule has 8 heteroatoms. The van der Waals surface area contributed by atoms with Crippen LogP contribution in [0.4, 0.5) is 13.6 Å². The third kappa shape index (κ3) is 6.15. The van der Waals surface area contributed by atoms with Crippen LogP contribution in [0, 0.1) is 11.6 Å². The first kappa shape index (κ1) is 24.2. The zero-order chi connectivity index (χ0) is 24.7. The van der Waals surface area contributed by atoms with Gasteiger partial charge in [-0.05, 0) is 35.4 Å². The number of nitrogens with one attached hydrogen (secondary N) is 1. The van der Waals surface area contributed by atoms with E-state index in [2.05, 4.69) is 5.32 Å². The van der Waals surface area contributed by atoms with Crippen LogP contribution >= 0.6 is 0 Å². The smallest absolute Gasteiger partial charge is 0.408 e. The minimum absolute atomic E-state index is 0.0116. The Morgan fingerprint density at radius 2 is 1.54 bits per heavy atom. The molecule has 1 aliphatic heterocycles. The van der Waals surface area contributed by atoms with Crippen molar-refractivity contribution in [2.45, 2.75) is 25.0 Å². The number of piperidine rings is 1. The van der Waals surface area contributed by atoms with Crippen molar-refractivity contribution in [3.05, 3.63) is 102 Å². The highest BCUT2D eigenvalue weighted by Gasteiger charge is 2.41. The lowest BCUT2D eigenvalue weighted by Crippen LogP contribution is -2.49. The number of para-hydroxylation sites is 1. The predicted octanol–water partition coefficient (Wildman–Crippen LogP) is 4.79. The molecule has 0 bridgehead atoms. The van der Waals surface area contributed by atoms with Gasteiger partial charge in [0.05, 0.1) is 0 Å². The van der Waals surface area contributed by atoms with Crippen molar-refractivity contribution in [1.29, 1.82) is 0 Å². The summed E-state index contributed by atoms with van der Waals surface area (Å²) in [7, 11) is 0. The summed E-state index contributed by atoms with van der Waals surface area (Å²) in [6, 6.07) is 21.9. The van der Waals surface area contributed by atoms with Crippen LogP contribution in [0.25, 0.3) is 0 Å². The molecule has 1 heterocycles. The number of likely N-dealkylation sites (tertiary alicyclic amines) is 1. The van der Waals surface area contributed by atoms with Gasteiger partial charge < -0.3 is 19.7 Å². The van der Waals surface area contributed by atoms with E-state index in [4.69, 9.17) is 9.47 Å². The van der Waals surface area contributed by atoms with Crippen molar-refractivity contribution >= 4 is 12.0 Å². The maximum absolute atomic E-state index is 13.5. The summed E-state index contributed by atoms with van der Waals surface area (Å²) < 4.78 is 38.1. The Morgan fingerprint density at radius 3 is 2.20 bits per heavy atom. The Bertz CT molecular complexity index is 1150. The van der Waals surface area contributed by atoms with Gasteiger partial charge in [0.15, 0.2) is 18.2 Å². The molecular formula is C27H26F2N2O4. The fourth-order valence-electron chi connectivity index (χ4n) is 4.10. The molecule has 1 aliphatic rings. The first-order chi connectivity index (χ1) is 16.9. The zero-order valence-corrected chi connectivity index (χ0v) is 19.1. The first-order valence-corrected chi connectivity index (χ1v) is 11.4. The maximum Gasteiger partial charge on any atom is 0.408 e. The van der Waals surface area contributed by atoms with E-state index in [1.165, 1.54) is 6.07 Å². The average Bonchev–Trinajstić information content (AvgIpc) is 2.89. The number of halogens is 2. The Hall–Kier alpha value is -3.94. The topological polar surface area (TPSA) is 67.9 Å². The molecule has 6 nitrogen and oxygen atoms in total. The highest BCUT2D eigenvalue weighted by Crippen LogP contribution is 2.37. The number of benzene rings is 3. The van der Waals surface area contributed by atoms with E-state index < -0.39 is 23.3 Å². The van der Waals surface area contributed by atoms with E-state index in [1.807, 2.05) is 48.5 Å². The standard InChI is InChI=1S/C27H26F2N2O4/c28-23-12-11-20(17-24(23)29)18-30-26(33)35-27(21-7-3-1-4-8-21)13-15-31(16-14-27)25(32)19-34-22-9-5-2-6-10-22/h1-12,17H,13-16,18-19H2,(H,30,33). The number of ether oxygens (including phenoxy) is 2. The zero-order valence-electron chi connectivity index (χ0n) is 19.1. The molecule has 0 aromatic heterocycles. The summed E-state index contributed by atoms with van der Waals surface area (Å²) in [6.07, 6.45) is 0.144. The third-order valence-corrected chi connectivity index (χ3v) is 6.04. The molecule has 35 heavy (non-hydrogen) atoms. The number of carbonyl (C=O) groups is 2. The molecule has 1 fully saturated rings. The van der Waals surface area contributed by atoms with E-state index >= 15 is 0 Å². The molecule has 3 aromatic rings. The van der Waals surface area contributed by atoms with Gasteiger partial charge in [-0.3, -0.25) is 4.79 Å². The summed E-state index contributed by atoms with van der Waals surface area (Å²) in [6.45, 7) is 0.699. The second-order valence-corrected chi connectivity index (χ2v) is 8.33. The molecule has 0 radical (unpaired) electrons. The molecule has 0 unspecified atom stereocenters. The normalized spacial score (nSPS) is 14.7. The van der Waals surface area contributed by atoms with Gasteiger partial charge in [0.2, 0.25) is 0 Å². The van der Waals surface area contributed by atoms with Crippen LogP contribution in [0.3, 0.4) is 0 Å². The molecular weight excluding hydrogens is 454 g/mol. The summed E-state index contributed by atoms with van der Waals surface area (Å²) in [5, 5.41) is 2.61. The summed E-state index contributed by atoms with van der Waals surface area (Å²) in [5.74, 6) is -1.45. The Morgan fingerprint density at radius 1 is 0.886 bits per heavy atom. The number of hydrogen-bond acceptors (Lipinski definition) is 4. The van der Waals surface area contributed by atoms with Crippen LogP contribution in [-0.4, -0.2) is 36.6 Å². The second-order valence-electron chi connectivity index (χ2n) is 8.33. The van der Waals surface area contributed by atoms with Gasteiger partial charge in [0.1, 0.15) is 11.4 Å². The van der Waals surface area contributed by atoms with Gasteiger partial charge in [-0.2, -0.15) is 0 Å². The molecule has 3 aromatic carbocycles. The molecule has 1 N–H and O–H groups in total. The minimum Gasteiger partial charge on any atom is -0.484 e. The largest absolute Gasteiger partial charge is 0.484 e. The highest BCUT2D eigenvalue weighted by atomic mass is 19.2. The van der Waals surface area contributed by atoms with Gasteiger partial charge in [-0.15, -0.1) is 0 Å². The predicted molar refractivity (Wildman–Crippen MR) is 126 cm³/mol. The van der Waals surface area contributed by atoms with Gasteiger partial charge >= 0.3 is 6.09 Å².